The molecule has 0 aliphatic carbocycles. The number of rotatable bonds is 6. The molecule has 1 aromatic rings. The van der Waals surface area contributed by atoms with Crippen LogP contribution >= 0.6 is 0 Å². The molecular formula is C15H19NO6S. The Morgan fingerprint density at radius 2 is 1.91 bits per heavy atom. The van der Waals surface area contributed by atoms with Gasteiger partial charge in [-0.25, -0.2) is 13.2 Å². The van der Waals surface area contributed by atoms with E-state index >= 15 is 0 Å². The van der Waals surface area contributed by atoms with Crippen LogP contribution in [0.1, 0.15) is 18.9 Å². The van der Waals surface area contributed by atoms with Gasteiger partial charge in [0, 0.05) is 5.92 Å². The number of alkyl carbamates (subject to hydrolysis) is 1. The van der Waals surface area contributed by atoms with E-state index in [1.54, 1.807) is 12.1 Å². The van der Waals surface area contributed by atoms with Crippen LogP contribution in [0.4, 0.5) is 4.79 Å². The van der Waals surface area contributed by atoms with Gasteiger partial charge in [-0.15, -0.1) is 0 Å². The maximum absolute atomic E-state index is 11.9. The van der Waals surface area contributed by atoms with E-state index in [9.17, 15) is 18.0 Å². The second-order valence-electron chi connectivity index (χ2n) is 5.95. The third kappa shape index (κ3) is 4.69. The first-order valence-electron chi connectivity index (χ1n) is 7.11. The highest BCUT2D eigenvalue weighted by Crippen LogP contribution is 2.32. The number of hydrogen-bond donors (Lipinski definition) is 2. The van der Waals surface area contributed by atoms with Crippen molar-refractivity contribution in [1.82, 2.24) is 5.32 Å². The normalized spacial score (nSPS) is 19.2. The number of carboxylic acids is 1. The van der Waals surface area contributed by atoms with Gasteiger partial charge in [0.2, 0.25) is 0 Å². The van der Waals surface area contributed by atoms with Crippen molar-refractivity contribution in [3.8, 4) is 0 Å². The zero-order valence-corrected chi connectivity index (χ0v) is 13.5. The van der Waals surface area contributed by atoms with Gasteiger partial charge in [-0.1, -0.05) is 30.3 Å². The van der Waals surface area contributed by atoms with E-state index in [4.69, 9.17) is 9.84 Å². The molecule has 2 rings (SSSR count). The standard InChI is InChI=1S/C15H19NO6S/c1-15(7-13(17)18,12-9-23(20,21)10-12)16-14(19)22-8-11-5-3-2-4-6-11/h2-6,12H,7-10H2,1H3,(H,16,19)(H,17,18). The van der Waals surface area contributed by atoms with Gasteiger partial charge in [-0.2, -0.15) is 0 Å². The third-order valence-corrected chi connectivity index (χ3v) is 5.75. The van der Waals surface area contributed by atoms with Crippen LogP contribution in [0.15, 0.2) is 30.3 Å². The summed E-state index contributed by atoms with van der Waals surface area (Å²) in [4.78, 5) is 23.0. The van der Waals surface area contributed by atoms with E-state index in [-0.39, 0.29) is 24.5 Å². The van der Waals surface area contributed by atoms with Crippen LogP contribution in [0.3, 0.4) is 0 Å². The van der Waals surface area contributed by atoms with Crippen LogP contribution in [0.25, 0.3) is 0 Å². The molecule has 0 bridgehead atoms. The summed E-state index contributed by atoms with van der Waals surface area (Å²) in [6, 6.07) is 9.05. The topological polar surface area (TPSA) is 110 Å². The Balaban J connectivity index is 1.97. The van der Waals surface area contributed by atoms with Crippen LogP contribution < -0.4 is 5.32 Å². The van der Waals surface area contributed by atoms with Gasteiger partial charge >= 0.3 is 12.1 Å². The van der Waals surface area contributed by atoms with E-state index in [1.807, 2.05) is 18.2 Å². The molecule has 8 heteroatoms. The largest absolute Gasteiger partial charge is 0.481 e. The van der Waals surface area contributed by atoms with Gasteiger partial charge in [0.05, 0.1) is 23.5 Å². The van der Waals surface area contributed by atoms with E-state index in [1.165, 1.54) is 6.92 Å². The van der Waals surface area contributed by atoms with Crippen molar-refractivity contribution < 1.29 is 27.9 Å². The third-order valence-electron chi connectivity index (χ3n) is 3.93. The number of nitrogens with one attached hydrogen (secondary N) is 1. The highest BCUT2D eigenvalue weighted by atomic mass is 32.2. The summed E-state index contributed by atoms with van der Waals surface area (Å²) in [5, 5.41) is 11.6. The molecular weight excluding hydrogens is 322 g/mol. The Hall–Kier alpha value is -2.09. The lowest BCUT2D eigenvalue weighted by Crippen LogP contribution is -2.60. The van der Waals surface area contributed by atoms with E-state index in [0.717, 1.165) is 5.56 Å². The molecule has 1 saturated heterocycles. The van der Waals surface area contributed by atoms with Gasteiger partial charge in [0.1, 0.15) is 6.61 Å². The number of sulfone groups is 1. The summed E-state index contributed by atoms with van der Waals surface area (Å²) in [6.45, 7) is 1.59. The van der Waals surface area contributed by atoms with E-state index in [0.29, 0.717) is 0 Å². The highest BCUT2D eigenvalue weighted by Gasteiger charge is 2.48. The number of hydrogen-bond acceptors (Lipinski definition) is 5. The van der Waals surface area contributed by atoms with E-state index in [2.05, 4.69) is 5.32 Å². The lowest BCUT2D eigenvalue weighted by Gasteiger charge is -2.41. The second-order valence-corrected chi connectivity index (χ2v) is 8.10. The molecule has 1 unspecified atom stereocenters. The molecule has 7 nitrogen and oxygen atoms in total. The molecule has 23 heavy (non-hydrogen) atoms. The molecule has 0 spiro atoms. The number of carbonyl (C=O) groups is 2. The summed E-state index contributed by atoms with van der Waals surface area (Å²) < 4.78 is 27.8. The molecule has 126 valence electrons. The SMILES string of the molecule is CC(CC(=O)O)(NC(=O)OCc1ccccc1)C1CS(=O)(=O)C1. The number of amides is 1. The van der Waals surface area contributed by atoms with Crippen LogP contribution in [0, 0.1) is 5.92 Å². The molecule has 1 aliphatic heterocycles. The summed E-state index contributed by atoms with van der Waals surface area (Å²) in [5.41, 5.74) is -0.362. The second kappa shape index (κ2) is 6.57. The molecule has 0 radical (unpaired) electrons. The lowest BCUT2D eigenvalue weighted by atomic mass is 9.84. The van der Waals surface area contributed by atoms with Crippen LogP contribution in [-0.4, -0.2) is 42.6 Å². The Labute approximate surface area is 134 Å². The van der Waals surface area contributed by atoms with Crippen molar-refractivity contribution in [1.29, 1.82) is 0 Å². The summed E-state index contributed by atoms with van der Waals surface area (Å²) in [5.74, 6) is -1.81. The number of carbonyl (C=O) groups excluding carboxylic acids is 1. The molecule has 0 aromatic heterocycles. The van der Waals surface area contributed by atoms with Crippen molar-refractivity contribution >= 4 is 21.9 Å². The summed E-state index contributed by atoms with van der Waals surface area (Å²) in [6.07, 6.45) is -1.13. The molecule has 0 saturated carbocycles. The summed E-state index contributed by atoms with van der Waals surface area (Å²) in [7, 11) is -3.13. The lowest BCUT2D eigenvalue weighted by molar-refractivity contribution is -0.139. The predicted octanol–water partition coefficient (Wildman–Crippen LogP) is 1.19. The Bertz CT molecular complexity index is 675. The fourth-order valence-corrected chi connectivity index (χ4v) is 4.39. The zero-order chi connectivity index (χ0) is 17.1. The van der Waals surface area contributed by atoms with Crippen LogP contribution in [0.2, 0.25) is 0 Å². The average molecular weight is 341 g/mol. The van der Waals surface area contributed by atoms with Gasteiger partial charge in [-0.3, -0.25) is 4.79 Å². The molecule has 1 atom stereocenters. The number of aliphatic carboxylic acids is 1. The van der Waals surface area contributed by atoms with Crippen molar-refractivity contribution in [2.75, 3.05) is 11.5 Å². The average Bonchev–Trinajstić information content (AvgIpc) is 2.42. The first-order chi connectivity index (χ1) is 10.7. The predicted molar refractivity (Wildman–Crippen MR) is 82.6 cm³/mol. The molecule has 2 N–H and O–H groups in total. The van der Waals surface area contributed by atoms with Gasteiger partial charge in [0.15, 0.2) is 9.84 Å². The van der Waals surface area contributed by atoms with E-state index < -0.39 is 33.4 Å². The highest BCUT2D eigenvalue weighted by molar-refractivity contribution is 7.92. The fourth-order valence-electron chi connectivity index (χ4n) is 2.53. The maximum atomic E-state index is 11.9. The monoisotopic (exact) mass is 341 g/mol. The molecule has 1 aromatic carbocycles. The molecule has 1 heterocycles. The summed E-state index contributed by atoms with van der Waals surface area (Å²) >= 11 is 0. The van der Waals surface area contributed by atoms with Crippen LogP contribution in [0.5, 0.6) is 0 Å². The Morgan fingerprint density at radius 3 is 2.43 bits per heavy atom. The quantitative estimate of drug-likeness (QED) is 0.804. The first kappa shape index (κ1) is 17.3. The van der Waals surface area contributed by atoms with Crippen molar-refractivity contribution in [3.63, 3.8) is 0 Å². The number of benzene rings is 1. The Kier molecular flexibility index (Phi) is 4.93. The number of ether oxygens (including phenoxy) is 1. The maximum Gasteiger partial charge on any atom is 0.407 e. The minimum Gasteiger partial charge on any atom is -0.481 e. The minimum absolute atomic E-state index is 0.0544. The smallest absolute Gasteiger partial charge is 0.407 e. The van der Waals surface area contributed by atoms with Crippen molar-refractivity contribution in [3.05, 3.63) is 35.9 Å². The molecule has 1 fully saturated rings. The minimum atomic E-state index is -3.13. The molecule has 1 aliphatic rings. The van der Waals surface area contributed by atoms with Crippen molar-refractivity contribution in [2.45, 2.75) is 25.5 Å². The fraction of sp³-hybridized carbons (Fsp3) is 0.467. The van der Waals surface area contributed by atoms with Gasteiger partial charge < -0.3 is 15.2 Å². The molecule has 1 amide bonds. The van der Waals surface area contributed by atoms with Gasteiger partial charge in [-0.05, 0) is 12.5 Å². The zero-order valence-electron chi connectivity index (χ0n) is 12.7. The van der Waals surface area contributed by atoms with Crippen LogP contribution in [-0.2, 0) is 26.0 Å². The number of carboxylic acid groups (broad SMARTS) is 1. The first-order valence-corrected chi connectivity index (χ1v) is 8.93. The van der Waals surface area contributed by atoms with Gasteiger partial charge in [0.25, 0.3) is 0 Å². The Morgan fingerprint density at radius 1 is 1.30 bits per heavy atom. The van der Waals surface area contributed by atoms with Crippen molar-refractivity contribution in [2.24, 2.45) is 5.92 Å².